The molecule has 3 amide bonds. The topological polar surface area (TPSA) is 100 Å². The van der Waals surface area contributed by atoms with Crippen molar-refractivity contribution in [2.45, 2.75) is 45.4 Å². The number of allylic oxidation sites excluding steroid dienone is 1. The summed E-state index contributed by atoms with van der Waals surface area (Å²) < 4.78 is 5.40. The highest BCUT2D eigenvalue weighted by atomic mass is 16.5. The van der Waals surface area contributed by atoms with Crippen LogP contribution in [-0.2, 0) is 6.42 Å². The summed E-state index contributed by atoms with van der Waals surface area (Å²) in [5, 5.41) is 9.89. The molecule has 3 aromatic rings. The first kappa shape index (κ1) is 25.2. The summed E-state index contributed by atoms with van der Waals surface area (Å²) in [5.74, 6) is 0.808. The van der Waals surface area contributed by atoms with Gasteiger partial charge in [0.1, 0.15) is 0 Å². The molecule has 0 aliphatic heterocycles. The molecule has 0 saturated heterocycles. The van der Waals surface area contributed by atoms with E-state index in [1.54, 1.807) is 36.2 Å². The van der Waals surface area contributed by atoms with Gasteiger partial charge in [-0.25, -0.2) is 4.79 Å². The third kappa shape index (κ3) is 7.04. The van der Waals surface area contributed by atoms with Crippen molar-refractivity contribution in [2.24, 2.45) is 0 Å². The lowest BCUT2D eigenvalue weighted by Crippen LogP contribution is -2.33. The van der Waals surface area contributed by atoms with Gasteiger partial charge in [-0.05, 0) is 75.4 Å². The number of urea groups is 1. The van der Waals surface area contributed by atoms with Crippen molar-refractivity contribution in [1.82, 2.24) is 20.4 Å². The van der Waals surface area contributed by atoms with Crippen LogP contribution in [-0.4, -0.2) is 47.1 Å². The molecule has 0 bridgehead atoms. The summed E-state index contributed by atoms with van der Waals surface area (Å²) in [7, 11) is 1.72. The minimum atomic E-state index is -0.202. The van der Waals surface area contributed by atoms with Crippen LogP contribution in [0.2, 0.25) is 0 Å². The van der Waals surface area contributed by atoms with E-state index in [4.69, 9.17) is 4.52 Å². The summed E-state index contributed by atoms with van der Waals surface area (Å²) in [4.78, 5) is 30.9. The number of rotatable bonds is 9. The molecule has 0 unspecified atom stereocenters. The molecule has 8 nitrogen and oxygen atoms in total. The average Bonchev–Trinajstić information content (AvgIpc) is 3.38. The molecular formula is C28H33N5O3. The number of nitrogens with one attached hydrogen (secondary N) is 2. The second kappa shape index (κ2) is 12.2. The first-order valence-corrected chi connectivity index (χ1v) is 12.5. The lowest BCUT2D eigenvalue weighted by Gasteiger charge is -2.17. The number of aryl methyl sites for hydroxylation is 1. The number of nitrogens with zero attached hydrogens (tertiary/aromatic N) is 3. The Morgan fingerprint density at radius 1 is 1.03 bits per heavy atom. The minimum absolute atomic E-state index is 0.0869. The highest BCUT2D eigenvalue weighted by molar-refractivity contribution is 5.94. The molecule has 1 aliphatic carbocycles. The van der Waals surface area contributed by atoms with Crippen molar-refractivity contribution in [1.29, 1.82) is 0 Å². The number of likely N-dealkylation sites (N-methyl/N-ethyl adjacent to an activating group) is 1. The Balaban J connectivity index is 1.24. The second-order valence-corrected chi connectivity index (χ2v) is 9.17. The molecular weight excluding hydrogens is 454 g/mol. The highest BCUT2D eigenvalue weighted by Gasteiger charge is 2.14. The Hall–Kier alpha value is -3.94. The number of hydrogen-bond donors (Lipinski definition) is 2. The van der Waals surface area contributed by atoms with E-state index in [0.29, 0.717) is 36.8 Å². The lowest BCUT2D eigenvalue weighted by atomic mass is 9.97. The van der Waals surface area contributed by atoms with Crippen molar-refractivity contribution in [2.75, 3.05) is 25.5 Å². The fraction of sp³-hybridized carbons (Fsp3) is 0.357. The van der Waals surface area contributed by atoms with E-state index in [9.17, 15) is 9.59 Å². The Kier molecular flexibility index (Phi) is 8.49. The summed E-state index contributed by atoms with van der Waals surface area (Å²) in [6.07, 6.45) is 8.50. The van der Waals surface area contributed by atoms with Crippen molar-refractivity contribution < 1.29 is 14.1 Å². The van der Waals surface area contributed by atoms with E-state index in [1.165, 1.54) is 18.4 Å². The fourth-order valence-corrected chi connectivity index (χ4v) is 4.03. The van der Waals surface area contributed by atoms with E-state index >= 15 is 0 Å². The average molecular weight is 488 g/mol. The molecule has 1 aromatic heterocycles. The third-order valence-corrected chi connectivity index (χ3v) is 6.30. The molecule has 8 heteroatoms. The lowest BCUT2D eigenvalue weighted by molar-refractivity contribution is 0.0954. The van der Waals surface area contributed by atoms with Crippen LogP contribution in [0, 0.1) is 6.92 Å². The molecule has 0 fully saturated rings. The SMILES string of the molecule is Cc1ccc(NC(=O)N(C)CCc2noc(-c3ccc(C(=O)NCCC4=CCCCC4)cc3)n2)cc1. The van der Waals surface area contributed by atoms with Crippen LogP contribution in [0.15, 0.2) is 64.7 Å². The number of hydrogen-bond acceptors (Lipinski definition) is 5. The fourth-order valence-electron chi connectivity index (χ4n) is 4.03. The number of benzene rings is 2. The Morgan fingerprint density at radius 3 is 2.53 bits per heavy atom. The van der Waals surface area contributed by atoms with E-state index in [1.807, 2.05) is 31.2 Å². The monoisotopic (exact) mass is 487 g/mol. The normalized spacial score (nSPS) is 13.1. The van der Waals surface area contributed by atoms with Crippen molar-refractivity contribution in [3.63, 3.8) is 0 Å². The van der Waals surface area contributed by atoms with E-state index < -0.39 is 0 Å². The van der Waals surface area contributed by atoms with Crippen LogP contribution in [0.3, 0.4) is 0 Å². The van der Waals surface area contributed by atoms with Crippen LogP contribution in [0.5, 0.6) is 0 Å². The summed E-state index contributed by atoms with van der Waals surface area (Å²) in [6.45, 7) is 3.09. The summed E-state index contributed by atoms with van der Waals surface area (Å²) in [6, 6.07) is 14.6. The second-order valence-electron chi connectivity index (χ2n) is 9.17. The summed E-state index contributed by atoms with van der Waals surface area (Å²) in [5.41, 5.74) is 4.66. The van der Waals surface area contributed by atoms with Crippen LogP contribution in [0.1, 0.15) is 53.8 Å². The largest absolute Gasteiger partial charge is 0.352 e. The van der Waals surface area contributed by atoms with Crippen LogP contribution in [0.4, 0.5) is 10.5 Å². The maximum Gasteiger partial charge on any atom is 0.321 e. The highest BCUT2D eigenvalue weighted by Crippen LogP contribution is 2.20. The molecule has 0 radical (unpaired) electrons. The van der Waals surface area contributed by atoms with Gasteiger partial charge in [-0.15, -0.1) is 0 Å². The zero-order valence-corrected chi connectivity index (χ0v) is 20.9. The van der Waals surface area contributed by atoms with Gasteiger partial charge >= 0.3 is 6.03 Å². The van der Waals surface area contributed by atoms with Crippen LogP contribution < -0.4 is 10.6 Å². The molecule has 0 spiro atoms. The van der Waals surface area contributed by atoms with Gasteiger partial charge in [0.25, 0.3) is 11.8 Å². The molecule has 2 N–H and O–H groups in total. The van der Waals surface area contributed by atoms with Crippen LogP contribution in [0.25, 0.3) is 11.5 Å². The van der Waals surface area contributed by atoms with Crippen molar-refractivity contribution >= 4 is 17.6 Å². The van der Waals surface area contributed by atoms with Gasteiger partial charge in [-0.1, -0.05) is 34.5 Å². The first-order valence-electron chi connectivity index (χ1n) is 12.5. The maximum absolute atomic E-state index is 12.5. The zero-order chi connectivity index (χ0) is 25.3. The number of carbonyl (C=O) groups excluding carboxylic acids is 2. The molecule has 1 aliphatic rings. The van der Waals surface area contributed by atoms with Gasteiger partial charge in [0, 0.05) is 43.4 Å². The predicted molar refractivity (Wildman–Crippen MR) is 140 cm³/mol. The Bertz CT molecular complexity index is 1200. The zero-order valence-electron chi connectivity index (χ0n) is 20.9. The Labute approximate surface area is 211 Å². The maximum atomic E-state index is 12.5. The van der Waals surface area contributed by atoms with Crippen molar-refractivity contribution in [3.05, 3.63) is 77.1 Å². The molecule has 1 heterocycles. The van der Waals surface area contributed by atoms with E-state index in [0.717, 1.165) is 36.1 Å². The predicted octanol–water partition coefficient (Wildman–Crippen LogP) is 5.37. The number of aromatic nitrogens is 2. The molecule has 188 valence electrons. The molecule has 0 saturated carbocycles. The standard InChI is InChI=1S/C28H33N5O3/c1-20-8-14-24(15-9-20)30-28(35)33(2)19-17-25-31-27(36-32-25)23-12-10-22(11-13-23)26(34)29-18-16-21-6-4-3-5-7-21/h6,8-15H,3-5,7,16-19H2,1-2H3,(H,29,34)(H,30,35). The van der Waals surface area contributed by atoms with Gasteiger partial charge in [-0.2, -0.15) is 4.98 Å². The third-order valence-electron chi connectivity index (χ3n) is 6.30. The quantitative estimate of drug-likeness (QED) is 0.395. The molecule has 4 rings (SSSR count). The van der Waals surface area contributed by atoms with E-state index in [2.05, 4.69) is 26.9 Å². The van der Waals surface area contributed by atoms with Gasteiger partial charge in [0.2, 0.25) is 0 Å². The molecule has 36 heavy (non-hydrogen) atoms. The minimum Gasteiger partial charge on any atom is -0.352 e. The van der Waals surface area contributed by atoms with Gasteiger partial charge in [0.15, 0.2) is 5.82 Å². The summed E-state index contributed by atoms with van der Waals surface area (Å²) >= 11 is 0. The number of amides is 3. The van der Waals surface area contributed by atoms with Crippen molar-refractivity contribution in [3.8, 4) is 11.5 Å². The molecule has 0 atom stereocenters. The first-order chi connectivity index (χ1) is 17.5. The van der Waals surface area contributed by atoms with Gasteiger partial charge in [-0.3, -0.25) is 4.79 Å². The van der Waals surface area contributed by atoms with Gasteiger partial charge < -0.3 is 20.1 Å². The number of carbonyl (C=O) groups is 2. The van der Waals surface area contributed by atoms with E-state index in [-0.39, 0.29) is 11.9 Å². The smallest absolute Gasteiger partial charge is 0.321 e. The van der Waals surface area contributed by atoms with Crippen LogP contribution >= 0.6 is 0 Å². The Morgan fingerprint density at radius 2 is 1.81 bits per heavy atom. The number of anilines is 1. The van der Waals surface area contributed by atoms with Gasteiger partial charge in [0.05, 0.1) is 0 Å². The molecule has 2 aromatic carbocycles.